The van der Waals surface area contributed by atoms with Gasteiger partial charge in [-0.1, -0.05) is 18.2 Å². The van der Waals surface area contributed by atoms with Gasteiger partial charge in [-0.25, -0.2) is 14.5 Å². The van der Waals surface area contributed by atoms with Gasteiger partial charge in [0.2, 0.25) is 0 Å². The molecule has 3 aromatic carbocycles. The van der Waals surface area contributed by atoms with E-state index in [4.69, 9.17) is 9.15 Å². The van der Waals surface area contributed by atoms with Crippen molar-refractivity contribution in [2.45, 2.75) is 6.92 Å². The standard InChI is InChI=1S/C25H15NO6/c1-14-11-22(27)32-21-13-17(9-10-18(14)21)31-25(30)15-5-4-6-16(12-15)26-23(28)19-7-2-3-8-20(19)24(26)29/h2-13H,1H3. The normalized spacial score (nSPS) is 12.8. The van der Waals surface area contributed by atoms with Crippen LogP contribution in [0.4, 0.5) is 5.69 Å². The van der Waals surface area contributed by atoms with Gasteiger partial charge in [0.1, 0.15) is 11.3 Å². The van der Waals surface area contributed by atoms with Gasteiger partial charge in [0, 0.05) is 17.5 Å². The largest absolute Gasteiger partial charge is 0.423 e. The minimum atomic E-state index is -0.683. The van der Waals surface area contributed by atoms with Crippen LogP contribution in [0.25, 0.3) is 11.0 Å². The van der Waals surface area contributed by atoms with Gasteiger partial charge in [0.15, 0.2) is 0 Å². The summed E-state index contributed by atoms with van der Waals surface area (Å²) < 4.78 is 10.6. The lowest BCUT2D eigenvalue weighted by atomic mass is 10.1. The topological polar surface area (TPSA) is 93.9 Å². The second-order valence-corrected chi connectivity index (χ2v) is 7.34. The number of fused-ring (bicyclic) bond motifs is 2. The fraction of sp³-hybridized carbons (Fsp3) is 0.0400. The number of carbonyl (C=O) groups excluding carboxylic acids is 3. The van der Waals surface area contributed by atoms with Crippen molar-refractivity contribution in [3.8, 4) is 5.75 Å². The maximum Gasteiger partial charge on any atom is 0.343 e. The van der Waals surface area contributed by atoms with E-state index in [1.165, 1.54) is 24.3 Å². The molecule has 1 aromatic heterocycles. The Bertz CT molecular complexity index is 1470. The highest BCUT2D eigenvalue weighted by atomic mass is 16.5. The van der Waals surface area contributed by atoms with E-state index in [0.717, 1.165) is 15.8 Å². The van der Waals surface area contributed by atoms with E-state index in [2.05, 4.69) is 0 Å². The van der Waals surface area contributed by atoms with Crippen molar-refractivity contribution in [1.29, 1.82) is 0 Å². The summed E-state index contributed by atoms with van der Waals surface area (Å²) in [5.74, 6) is -1.38. The van der Waals surface area contributed by atoms with E-state index in [0.29, 0.717) is 16.7 Å². The second kappa shape index (κ2) is 7.31. The number of ether oxygens (including phenoxy) is 1. The third-order valence-electron chi connectivity index (χ3n) is 5.27. The van der Waals surface area contributed by atoms with Gasteiger partial charge in [-0.3, -0.25) is 9.59 Å². The Labute approximate surface area is 181 Å². The van der Waals surface area contributed by atoms with Crippen LogP contribution in [0.1, 0.15) is 36.6 Å². The van der Waals surface area contributed by atoms with Gasteiger partial charge >= 0.3 is 11.6 Å². The van der Waals surface area contributed by atoms with Crippen LogP contribution in [0.15, 0.2) is 82.0 Å². The lowest BCUT2D eigenvalue weighted by Crippen LogP contribution is -2.29. The van der Waals surface area contributed by atoms with Crippen LogP contribution in [0.2, 0.25) is 0 Å². The number of amides is 2. The molecule has 0 spiro atoms. The number of nitrogens with zero attached hydrogens (tertiary/aromatic N) is 1. The Morgan fingerprint density at radius 2 is 1.56 bits per heavy atom. The zero-order valence-electron chi connectivity index (χ0n) is 16.8. The van der Waals surface area contributed by atoms with Crippen LogP contribution in [0.5, 0.6) is 5.75 Å². The third kappa shape index (κ3) is 3.16. The summed E-state index contributed by atoms with van der Waals surface area (Å²) in [6.07, 6.45) is 0. The molecule has 0 fully saturated rings. The molecule has 2 heterocycles. The number of benzene rings is 3. The molecule has 0 N–H and O–H groups in total. The molecule has 0 saturated carbocycles. The number of hydrogen-bond acceptors (Lipinski definition) is 6. The highest BCUT2D eigenvalue weighted by Crippen LogP contribution is 2.29. The molecule has 0 atom stereocenters. The number of esters is 1. The molecule has 1 aliphatic rings. The maximum atomic E-state index is 12.7. The first-order valence-electron chi connectivity index (χ1n) is 9.77. The SMILES string of the molecule is Cc1cc(=O)oc2cc(OC(=O)c3cccc(N4C(=O)c5ccccc5C4=O)c3)ccc12. The van der Waals surface area contributed by atoms with Gasteiger partial charge in [-0.15, -0.1) is 0 Å². The van der Waals surface area contributed by atoms with Crippen molar-refractivity contribution in [1.82, 2.24) is 0 Å². The Kier molecular flexibility index (Phi) is 4.44. The van der Waals surface area contributed by atoms with Crippen LogP contribution in [0, 0.1) is 6.92 Å². The number of anilines is 1. The van der Waals surface area contributed by atoms with Gasteiger partial charge < -0.3 is 9.15 Å². The first kappa shape index (κ1) is 19.4. The summed E-state index contributed by atoms with van der Waals surface area (Å²) in [5, 5.41) is 0.733. The zero-order valence-corrected chi connectivity index (χ0v) is 16.8. The quantitative estimate of drug-likeness (QED) is 0.212. The summed E-state index contributed by atoms with van der Waals surface area (Å²) in [4.78, 5) is 50.8. The first-order valence-corrected chi connectivity index (χ1v) is 9.77. The summed E-state index contributed by atoms with van der Waals surface area (Å²) >= 11 is 0. The highest BCUT2D eigenvalue weighted by Gasteiger charge is 2.36. The minimum Gasteiger partial charge on any atom is -0.423 e. The molecule has 32 heavy (non-hydrogen) atoms. The maximum absolute atomic E-state index is 12.7. The lowest BCUT2D eigenvalue weighted by Gasteiger charge is -2.15. The highest BCUT2D eigenvalue weighted by molar-refractivity contribution is 6.34. The molecule has 156 valence electrons. The van der Waals surface area contributed by atoms with Gasteiger partial charge in [-0.2, -0.15) is 0 Å². The van der Waals surface area contributed by atoms with Crippen LogP contribution >= 0.6 is 0 Å². The van der Waals surface area contributed by atoms with Gasteiger partial charge in [-0.05, 0) is 55.0 Å². The van der Waals surface area contributed by atoms with Crippen LogP contribution < -0.4 is 15.3 Å². The Balaban J connectivity index is 1.43. The molecular weight excluding hydrogens is 410 g/mol. The molecule has 1 aliphatic heterocycles. The average molecular weight is 425 g/mol. The number of imide groups is 1. The molecule has 0 aliphatic carbocycles. The van der Waals surface area contributed by atoms with Crippen molar-refractivity contribution in [2.75, 3.05) is 4.90 Å². The second-order valence-electron chi connectivity index (χ2n) is 7.34. The van der Waals surface area contributed by atoms with E-state index in [1.54, 1.807) is 55.5 Å². The van der Waals surface area contributed by atoms with E-state index in [9.17, 15) is 19.2 Å². The van der Waals surface area contributed by atoms with Gasteiger partial charge in [0.05, 0.1) is 22.4 Å². The Morgan fingerprint density at radius 1 is 0.844 bits per heavy atom. The predicted molar refractivity (Wildman–Crippen MR) is 116 cm³/mol. The number of rotatable bonds is 3. The summed E-state index contributed by atoms with van der Waals surface area (Å²) in [7, 11) is 0. The molecule has 7 nitrogen and oxygen atoms in total. The van der Waals surface area contributed by atoms with Crippen molar-refractivity contribution >= 4 is 34.4 Å². The molecule has 0 saturated heterocycles. The van der Waals surface area contributed by atoms with Crippen LogP contribution in [-0.2, 0) is 0 Å². The fourth-order valence-electron chi connectivity index (χ4n) is 3.73. The molecule has 2 amide bonds. The Morgan fingerprint density at radius 3 is 2.28 bits per heavy atom. The van der Waals surface area contributed by atoms with E-state index < -0.39 is 23.4 Å². The first-order chi connectivity index (χ1) is 15.4. The van der Waals surface area contributed by atoms with Crippen molar-refractivity contribution in [2.24, 2.45) is 0 Å². The average Bonchev–Trinajstić information content (AvgIpc) is 3.04. The lowest BCUT2D eigenvalue weighted by molar-refractivity contribution is 0.0733. The molecule has 0 bridgehead atoms. The van der Waals surface area contributed by atoms with E-state index in [-0.39, 0.29) is 17.0 Å². The molecule has 0 unspecified atom stereocenters. The number of carbonyl (C=O) groups is 3. The third-order valence-corrected chi connectivity index (χ3v) is 5.27. The van der Waals surface area contributed by atoms with Crippen molar-refractivity contribution in [3.05, 3.63) is 105 Å². The summed E-state index contributed by atoms with van der Waals surface area (Å²) in [6, 6.07) is 18.8. The van der Waals surface area contributed by atoms with Crippen LogP contribution in [0.3, 0.4) is 0 Å². The molecule has 4 aromatic rings. The molecular formula is C25H15NO6. The smallest absolute Gasteiger partial charge is 0.343 e. The fourth-order valence-corrected chi connectivity index (χ4v) is 3.73. The summed E-state index contributed by atoms with van der Waals surface area (Å²) in [6.45, 7) is 1.79. The monoisotopic (exact) mass is 425 g/mol. The molecule has 0 radical (unpaired) electrons. The van der Waals surface area contributed by atoms with Crippen molar-refractivity contribution in [3.63, 3.8) is 0 Å². The number of hydrogen-bond donors (Lipinski definition) is 0. The van der Waals surface area contributed by atoms with Gasteiger partial charge in [0.25, 0.3) is 11.8 Å². The Hall–Kier alpha value is -4.52. The zero-order chi connectivity index (χ0) is 22.4. The molecule has 5 rings (SSSR count). The van der Waals surface area contributed by atoms with Crippen molar-refractivity contribution < 1.29 is 23.5 Å². The predicted octanol–water partition coefficient (Wildman–Crippen LogP) is 4.12. The van der Waals surface area contributed by atoms with Crippen LogP contribution in [-0.4, -0.2) is 17.8 Å². The number of aryl methyl sites for hydroxylation is 1. The minimum absolute atomic E-state index is 0.157. The molecule has 7 heteroatoms. The van der Waals surface area contributed by atoms with E-state index >= 15 is 0 Å². The van der Waals surface area contributed by atoms with E-state index in [1.807, 2.05) is 0 Å². The summed E-state index contributed by atoms with van der Waals surface area (Å²) in [5.41, 5.74) is 1.63.